The Balaban J connectivity index is 2.17. The molecule has 17 heavy (non-hydrogen) atoms. The summed E-state index contributed by atoms with van der Waals surface area (Å²) in [5, 5.41) is 8.63. The maximum atomic E-state index is 12.1. The molecule has 1 aliphatic heterocycles. The monoisotopic (exact) mass is 234 g/mol. The van der Waals surface area contributed by atoms with Crippen molar-refractivity contribution in [3.8, 4) is 0 Å². The van der Waals surface area contributed by atoms with Gasteiger partial charge in [0.25, 0.3) is 11.8 Å². The van der Waals surface area contributed by atoms with Crippen molar-refractivity contribution in [3.05, 3.63) is 35.9 Å². The van der Waals surface area contributed by atoms with Crippen LogP contribution in [0.4, 0.5) is 0 Å². The molecule has 1 saturated heterocycles. The highest BCUT2D eigenvalue weighted by Gasteiger charge is 2.34. The third-order valence-electron chi connectivity index (χ3n) is 2.95. The van der Waals surface area contributed by atoms with Crippen molar-refractivity contribution in [1.82, 2.24) is 10.4 Å². The van der Waals surface area contributed by atoms with Crippen molar-refractivity contribution in [1.29, 1.82) is 0 Å². The van der Waals surface area contributed by atoms with E-state index in [9.17, 15) is 9.59 Å². The van der Waals surface area contributed by atoms with Gasteiger partial charge in [-0.25, -0.2) is 5.48 Å². The first-order valence-corrected chi connectivity index (χ1v) is 5.54. The summed E-state index contributed by atoms with van der Waals surface area (Å²) in [5.74, 6) is -0.691. The lowest BCUT2D eigenvalue weighted by molar-refractivity contribution is -0.133. The Morgan fingerprint density at radius 3 is 2.65 bits per heavy atom. The Morgan fingerprint density at radius 2 is 2.00 bits per heavy atom. The van der Waals surface area contributed by atoms with Gasteiger partial charge in [-0.15, -0.1) is 0 Å². The highest BCUT2D eigenvalue weighted by molar-refractivity contribution is 5.97. The van der Waals surface area contributed by atoms with E-state index in [0.717, 1.165) is 6.42 Å². The van der Waals surface area contributed by atoms with Gasteiger partial charge in [-0.1, -0.05) is 18.2 Å². The molecule has 2 rings (SSSR count). The zero-order chi connectivity index (χ0) is 12.3. The van der Waals surface area contributed by atoms with E-state index in [1.54, 1.807) is 29.7 Å². The van der Waals surface area contributed by atoms with Crippen molar-refractivity contribution in [2.45, 2.75) is 18.9 Å². The van der Waals surface area contributed by atoms with Gasteiger partial charge >= 0.3 is 0 Å². The van der Waals surface area contributed by atoms with E-state index in [0.29, 0.717) is 18.5 Å². The first kappa shape index (κ1) is 11.6. The minimum atomic E-state index is -0.562. The first-order chi connectivity index (χ1) is 8.24. The van der Waals surface area contributed by atoms with Gasteiger partial charge in [-0.2, -0.15) is 0 Å². The van der Waals surface area contributed by atoms with Crippen LogP contribution in [0.2, 0.25) is 0 Å². The van der Waals surface area contributed by atoms with Crippen LogP contribution in [-0.4, -0.2) is 34.5 Å². The second-order valence-corrected chi connectivity index (χ2v) is 4.00. The van der Waals surface area contributed by atoms with Crippen molar-refractivity contribution in [2.75, 3.05) is 6.54 Å². The summed E-state index contributed by atoms with van der Waals surface area (Å²) in [5.41, 5.74) is 2.17. The molecule has 1 fully saturated rings. The summed E-state index contributed by atoms with van der Waals surface area (Å²) in [6.45, 7) is 0.547. The van der Waals surface area contributed by atoms with Gasteiger partial charge < -0.3 is 4.90 Å². The quantitative estimate of drug-likeness (QED) is 0.587. The van der Waals surface area contributed by atoms with Crippen molar-refractivity contribution < 1.29 is 14.8 Å². The lowest BCUT2D eigenvalue weighted by Gasteiger charge is -2.22. The summed E-state index contributed by atoms with van der Waals surface area (Å²) in [4.78, 5) is 25.0. The van der Waals surface area contributed by atoms with Crippen LogP contribution in [0.15, 0.2) is 30.3 Å². The van der Waals surface area contributed by atoms with E-state index < -0.39 is 11.9 Å². The van der Waals surface area contributed by atoms with Gasteiger partial charge in [-0.05, 0) is 25.0 Å². The second kappa shape index (κ2) is 4.97. The van der Waals surface area contributed by atoms with E-state index in [1.165, 1.54) is 4.90 Å². The minimum Gasteiger partial charge on any atom is -0.327 e. The number of carbonyl (C=O) groups excluding carboxylic acids is 2. The van der Waals surface area contributed by atoms with Crippen LogP contribution >= 0.6 is 0 Å². The first-order valence-electron chi connectivity index (χ1n) is 5.54. The van der Waals surface area contributed by atoms with Crippen LogP contribution in [0.25, 0.3) is 0 Å². The molecule has 1 aromatic carbocycles. The Hall–Kier alpha value is -1.88. The van der Waals surface area contributed by atoms with Crippen molar-refractivity contribution >= 4 is 11.8 Å². The summed E-state index contributed by atoms with van der Waals surface area (Å²) in [6, 6.07) is 8.27. The number of hydroxylamine groups is 1. The lowest BCUT2D eigenvalue weighted by Crippen LogP contribution is -2.45. The molecule has 1 aliphatic rings. The second-order valence-electron chi connectivity index (χ2n) is 4.00. The van der Waals surface area contributed by atoms with Gasteiger partial charge in [0.15, 0.2) is 0 Å². The van der Waals surface area contributed by atoms with E-state index in [1.807, 2.05) is 6.07 Å². The molecule has 0 bridgehead atoms. The fourth-order valence-electron chi connectivity index (χ4n) is 2.10. The molecule has 5 heteroatoms. The third kappa shape index (κ3) is 2.29. The number of amides is 2. The molecule has 0 aromatic heterocycles. The maximum Gasteiger partial charge on any atom is 0.266 e. The molecule has 0 saturated carbocycles. The predicted molar refractivity (Wildman–Crippen MR) is 60.4 cm³/mol. The Kier molecular flexibility index (Phi) is 3.39. The van der Waals surface area contributed by atoms with Gasteiger partial charge in [0, 0.05) is 12.1 Å². The third-order valence-corrected chi connectivity index (χ3v) is 2.95. The predicted octanol–water partition coefficient (Wildman–Crippen LogP) is 0.797. The van der Waals surface area contributed by atoms with Crippen LogP contribution in [0.3, 0.4) is 0 Å². The zero-order valence-electron chi connectivity index (χ0n) is 9.30. The number of hydrogen-bond donors (Lipinski definition) is 2. The molecule has 2 N–H and O–H groups in total. The molecule has 1 atom stereocenters. The summed E-state index contributed by atoms with van der Waals surface area (Å²) < 4.78 is 0. The van der Waals surface area contributed by atoms with Crippen molar-refractivity contribution in [2.24, 2.45) is 0 Å². The van der Waals surface area contributed by atoms with Crippen LogP contribution in [-0.2, 0) is 4.79 Å². The number of nitrogens with one attached hydrogen (secondary N) is 1. The number of rotatable bonds is 2. The molecule has 2 amide bonds. The average Bonchev–Trinajstić information content (AvgIpc) is 2.87. The van der Waals surface area contributed by atoms with Crippen LogP contribution < -0.4 is 5.48 Å². The van der Waals surface area contributed by atoms with Crippen molar-refractivity contribution in [3.63, 3.8) is 0 Å². The van der Waals surface area contributed by atoms with E-state index >= 15 is 0 Å². The molecule has 1 aromatic rings. The minimum absolute atomic E-state index is 0.170. The molecular formula is C12H14N2O3. The van der Waals surface area contributed by atoms with E-state index in [-0.39, 0.29) is 5.91 Å². The normalized spacial score (nSPS) is 19.1. The topological polar surface area (TPSA) is 69.6 Å². The fraction of sp³-hybridized carbons (Fsp3) is 0.333. The largest absolute Gasteiger partial charge is 0.327 e. The smallest absolute Gasteiger partial charge is 0.266 e. The lowest BCUT2D eigenvalue weighted by atomic mass is 10.1. The number of carbonyl (C=O) groups is 2. The zero-order valence-corrected chi connectivity index (χ0v) is 9.30. The number of likely N-dealkylation sites (tertiary alicyclic amines) is 1. The number of benzene rings is 1. The van der Waals surface area contributed by atoms with Gasteiger partial charge in [0.1, 0.15) is 6.04 Å². The van der Waals surface area contributed by atoms with Crippen LogP contribution in [0.5, 0.6) is 0 Å². The highest BCUT2D eigenvalue weighted by Crippen LogP contribution is 2.20. The molecule has 0 aliphatic carbocycles. The van der Waals surface area contributed by atoms with Gasteiger partial charge in [0.05, 0.1) is 0 Å². The highest BCUT2D eigenvalue weighted by atomic mass is 16.5. The Morgan fingerprint density at radius 1 is 1.29 bits per heavy atom. The Labute approximate surface area is 99.0 Å². The maximum absolute atomic E-state index is 12.1. The Bertz CT molecular complexity index is 419. The molecule has 0 spiro atoms. The fourth-order valence-corrected chi connectivity index (χ4v) is 2.10. The standard InChI is InChI=1S/C12H14N2O3/c15-11(13-17)10-7-4-8-14(10)12(16)9-5-2-1-3-6-9/h1-3,5-6,10,17H,4,7-8H2,(H,13,15)/t10-/m1/s1. The molecule has 90 valence electrons. The van der Waals surface area contributed by atoms with Crippen LogP contribution in [0.1, 0.15) is 23.2 Å². The van der Waals surface area contributed by atoms with E-state index in [2.05, 4.69) is 0 Å². The molecule has 0 unspecified atom stereocenters. The molecule has 1 heterocycles. The molecule has 5 nitrogen and oxygen atoms in total. The van der Waals surface area contributed by atoms with Gasteiger partial charge in [0.2, 0.25) is 0 Å². The van der Waals surface area contributed by atoms with E-state index in [4.69, 9.17) is 5.21 Å². The molecule has 0 radical (unpaired) electrons. The summed E-state index contributed by atoms with van der Waals surface area (Å²) >= 11 is 0. The summed E-state index contributed by atoms with van der Waals surface area (Å²) in [6.07, 6.45) is 1.36. The molecular weight excluding hydrogens is 220 g/mol. The van der Waals surface area contributed by atoms with Gasteiger partial charge in [-0.3, -0.25) is 14.8 Å². The SMILES string of the molecule is O=C(NO)[C@H]1CCCN1C(=O)c1ccccc1. The number of hydrogen-bond acceptors (Lipinski definition) is 3. The average molecular weight is 234 g/mol. The summed E-state index contributed by atoms with van der Waals surface area (Å²) in [7, 11) is 0. The number of nitrogens with zero attached hydrogens (tertiary/aromatic N) is 1. The van der Waals surface area contributed by atoms with Crippen LogP contribution in [0, 0.1) is 0 Å².